The van der Waals surface area contributed by atoms with Crippen molar-refractivity contribution in [1.29, 1.82) is 0 Å². The van der Waals surface area contributed by atoms with E-state index in [4.69, 9.17) is 48.4 Å². The van der Waals surface area contributed by atoms with Gasteiger partial charge in [0, 0.05) is 74.6 Å². The summed E-state index contributed by atoms with van der Waals surface area (Å²) in [7, 11) is 13.9. The Morgan fingerprint density at radius 3 is 1.14 bits per heavy atom. The maximum Gasteiger partial charge on any atom is 0.203 e. The number of rotatable bonds is 18. The molecule has 2 aliphatic heterocycles. The van der Waals surface area contributed by atoms with E-state index in [1.54, 1.807) is 55.1 Å². The van der Waals surface area contributed by atoms with Crippen molar-refractivity contribution >= 4 is 27.9 Å². The summed E-state index contributed by atoms with van der Waals surface area (Å²) in [6.07, 6.45) is 4.75. The Kier molecular flexibility index (Phi) is 15.7. The van der Waals surface area contributed by atoms with Gasteiger partial charge in [-0.05, 0) is 85.6 Å². The zero-order valence-corrected chi connectivity index (χ0v) is 44.7. The van der Waals surface area contributed by atoms with Crippen molar-refractivity contribution in [2.75, 3.05) is 109 Å². The van der Waals surface area contributed by atoms with Crippen molar-refractivity contribution in [3.05, 3.63) is 133 Å². The fourth-order valence-corrected chi connectivity index (χ4v) is 10.7. The number of methoxy groups -OCH3 is 6. The minimum absolute atomic E-state index is 0.273. The number of carbonyl (C=O) groups is 1. The summed E-state index contributed by atoms with van der Waals surface area (Å²) >= 11 is 0. The molecule has 10 rings (SSSR count). The first kappa shape index (κ1) is 51.8. The van der Waals surface area contributed by atoms with Crippen LogP contribution < -0.4 is 28.4 Å². The number of hydrogen-bond acceptors (Lipinski definition) is 15. The van der Waals surface area contributed by atoms with Gasteiger partial charge in [-0.2, -0.15) is 0 Å². The molecular weight excluding hydrogens is 957 g/mol. The van der Waals surface area contributed by atoms with Gasteiger partial charge >= 0.3 is 0 Å². The first-order valence-corrected chi connectivity index (χ1v) is 25.8. The molecule has 2 aromatic heterocycles. The number of benzene rings is 6. The number of nitrogens with zero attached hydrogens (tertiary/aromatic N) is 8. The average molecular weight is 1020 g/mol. The Morgan fingerprint density at radius 1 is 0.461 bits per heavy atom. The zero-order chi connectivity index (χ0) is 52.9. The second-order valence-corrected chi connectivity index (χ2v) is 19.6. The smallest absolute Gasteiger partial charge is 0.203 e. The van der Waals surface area contributed by atoms with Crippen molar-refractivity contribution in [2.45, 2.75) is 24.9 Å². The third-order valence-corrected chi connectivity index (χ3v) is 15.1. The number of aromatic nitrogens is 4. The lowest BCUT2D eigenvalue weighted by Gasteiger charge is -2.42. The van der Waals surface area contributed by atoms with Crippen molar-refractivity contribution in [1.82, 2.24) is 39.5 Å². The molecular formula is C61H66N8O7. The van der Waals surface area contributed by atoms with E-state index in [9.17, 15) is 0 Å². The molecule has 0 amide bonds. The Balaban J connectivity index is 0.933. The van der Waals surface area contributed by atoms with Crippen LogP contribution in [0.2, 0.25) is 0 Å². The van der Waals surface area contributed by atoms with Crippen LogP contribution in [-0.4, -0.2) is 167 Å². The Bertz CT molecular complexity index is 3070. The van der Waals surface area contributed by atoms with Gasteiger partial charge in [0.25, 0.3) is 0 Å². The number of piperazine rings is 2. The minimum Gasteiger partial charge on any atom is -0.493 e. The lowest BCUT2D eigenvalue weighted by Crippen LogP contribution is -2.59. The molecule has 2 aliphatic rings. The average Bonchev–Trinajstić information content (AvgIpc) is 3.49. The highest BCUT2D eigenvalue weighted by molar-refractivity contribution is 5.94. The molecule has 0 saturated carbocycles. The lowest BCUT2D eigenvalue weighted by molar-refractivity contribution is -0.131. The Labute approximate surface area is 444 Å². The molecule has 2 fully saturated rings. The minimum atomic E-state index is -0.304. The van der Waals surface area contributed by atoms with Crippen LogP contribution >= 0.6 is 0 Å². The normalized spacial score (nSPS) is 15.6. The molecule has 8 aromatic rings. The van der Waals surface area contributed by atoms with E-state index < -0.39 is 0 Å². The number of ether oxygens (including phenoxy) is 6. The second kappa shape index (κ2) is 23.1. The van der Waals surface area contributed by atoms with Gasteiger partial charge in [0.05, 0.1) is 101 Å². The molecule has 76 heavy (non-hydrogen) atoms. The zero-order valence-electron chi connectivity index (χ0n) is 44.7. The van der Waals surface area contributed by atoms with Crippen LogP contribution in [0.3, 0.4) is 0 Å². The van der Waals surface area contributed by atoms with Gasteiger partial charge in [0.15, 0.2) is 28.8 Å². The van der Waals surface area contributed by atoms with Crippen LogP contribution in [0.1, 0.15) is 11.1 Å². The topological polar surface area (TPSA) is 137 Å². The third-order valence-electron chi connectivity index (χ3n) is 15.1. The molecule has 0 spiro atoms. The summed E-state index contributed by atoms with van der Waals surface area (Å²) in [6, 6.07) is 36.4. The molecule has 2 atom stereocenters. The van der Waals surface area contributed by atoms with Crippen molar-refractivity contribution in [2.24, 2.45) is 0 Å². The SMILES string of the molecule is COc1cc(-c2cnc3cccc(-c4ccc(CC(C(=O)C(Cc5ccc(-c6cccc7ncc(-c8cc(OC)c(OC)c(OC)c8)nc67)cc5)N5CCN(C)CC5)N5CCN(C)CC5)cc4)c3n2)cc(OC)c1OC. The van der Waals surface area contributed by atoms with Gasteiger partial charge in [0.1, 0.15) is 0 Å². The van der Waals surface area contributed by atoms with E-state index in [0.29, 0.717) is 58.7 Å². The van der Waals surface area contributed by atoms with Gasteiger partial charge in [0.2, 0.25) is 11.5 Å². The summed E-state index contributed by atoms with van der Waals surface area (Å²) in [5, 5.41) is 0. The van der Waals surface area contributed by atoms with Crippen LogP contribution in [0, 0.1) is 0 Å². The van der Waals surface area contributed by atoms with Gasteiger partial charge in [-0.15, -0.1) is 0 Å². The van der Waals surface area contributed by atoms with E-state index in [1.165, 1.54) is 0 Å². The lowest BCUT2D eigenvalue weighted by atomic mass is 9.90. The molecule has 2 unspecified atom stereocenters. The molecule has 0 bridgehead atoms. The van der Waals surface area contributed by atoms with E-state index in [0.717, 1.165) is 119 Å². The summed E-state index contributed by atoms with van der Waals surface area (Å²) < 4.78 is 33.8. The largest absolute Gasteiger partial charge is 0.493 e. The van der Waals surface area contributed by atoms with Crippen LogP contribution in [0.5, 0.6) is 34.5 Å². The van der Waals surface area contributed by atoms with Crippen molar-refractivity contribution in [3.63, 3.8) is 0 Å². The predicted molar refractivity (Wildman–Crippen MR) is 298 cm³/mol. The fourth-order valence-electron chi connectivity index (χ4n) is 10.7. The van der Waals surface area contributed by atoms with E-state index in [2.05, 4.69) is 94.4 Å². The first-order valence-electron chi connectivity index (χ1n) is 25.8. The molecule has 2 saturated heterocycles. The highest BCUT2D eigenvalue weighted by Gasteiger charge is 2.37. The van der Waals surface area contributed by atoms with Crippen LogP contribution in [0.15, 0.2) is 122 Å². The maximum atomic E-state index is 15.6. The van der Waals surface area contributed by atoms with Crippen LogP contribution in [0.4, 0.5) is 0 Å². The number of Topliss-reactive ketones (excluding diaryl/α,β-unsaturated/α-hetero) is 1. The molecule has 0 N–H and O–H groups in total. The standard InChI is InChI=1S/C61H66N8O7/c1-66-23-27-68(28-24-66)51(31-39-15-19-41(20-16-39)45-11-9-13-47-57(45)64-49(37-62-47)43-33-53(71-3)60(75-7)54(34-43)72-4)59(70)52(69-29-25-67(2)26-30-69)32-40-17-21-42(22-18-40)46-12-10-14-48-58(46)65-50(38-63-48)44-35-55(73-5)61(76-8)56(36-44)74-6/h9-22,33-38,51-52H,23-32H2,1-8H3. The number of ketones is 1. The Hall–Kier alpha value is -7.69. The molecule has 0 aliphatic carbocycles. The first-order chi connectivity index (χ1) is 37.1. The van der Waals surface area contributed by atoms with E-state index in [1.807, 2.05) is 48.5 Å². The van der Waals surface area contributed by atoms with E-state index in [-0.39, 0.29) is 17.9 Å². The summed E-state index contributed by atoms with van der Waals surface area (Å²) in [5.74, 6) is 3.47. The molecule has 15 heteroatoms. The number of hydrogen-bond donors (Lipinski definition) is 0. The summed E-state index contributed by atoms with van der Waals surface area (Å²) in [4.78, 5) is 45.2. The van der Waals surface area contributed by atoms with Gasteiger partial charge in [-0.1, -0.05) is 72.8 Å². The summed E-state index contributed by atoms with van der Waals surface area (Å²) in [6.45, 7) is 6.94. The quantitative estimate of drug-likeness (QED) is 0.0809. The number of likely N-dealkylation sites (N-methyl/N-ethyl adjacent to an activating group) is 2. The highest BCUT2D eigenvalue weighted by atomic mass is 16.5. The van der Waals surface area contributed by atoms with Crippen molar-refractivity contribution in [3.8, 4) is 79.3 Å². The molecule has 4 heterocycles. The van der Waals surface area contributed by atoms with Crippen LogP contribution in [0.25, 0.3) is 66.8 Å². The van der Waals surface area contributed by atoms with E-state index >= 15 is 4.79 Å². The molecule has 392 valence electrons. The number of fused-ring (bicyclic) bond motifs is 2. The maximum absolute atomic E-state index is 15.6. The van der Waals surface area contributed by atoms with Crippen LogP contribution in [-0.2, 0) is 17.6 Å². The van der Waals surface area contributed by atoms with Crippen molar-refractivity contribution < 1.29 is 33.2 Å². The van der Waals surface area contributed by atoms with Gasteiger partial charge < -0.3 is 38.2 Å². The van der Waals surface area contributed by atoms with Gasteiger partial charge in [-0.25, -0.2) is 9.97 Å². The number of para-hydroxylation sites is 2. The van der Waals surface area contributed by atoms with Gasteiger partial charge in [-0.3, -0.25) is 24.6 Å². The number of carbonyl (C=O) groups excluding carboxylic acids is 1. The molecule has 6 aromatic carbocycles. The predicted octanol–water partition coefficient (Wildman–Crippen LogP) is 8.88. The monoisotopic (exact) mass is 1020 g/mol. The second-order valence-electron chi connectivity index (χ2n) is 19.6. The highest BCUT2D eigenvalue weighted by Crippen LogP contribution is 2.43. The fraction of sp³-hybridized carbons (Fsp3) is 0.328. The molecule has 15 nitrogen and oxygen atoms in total. The Morgan fingerprint density at radius 2 is 0.816 bits per heavy atom. The molecule has 0 radical (unpaired) electrons. The summed E-state index contributed by atoms with van der Waals surface area (Å²) in [5.41, 5.74) is 12.3. The third kappa shape index (κ3) is 10.7.